The van der Waals surface area contributed by atoms with E-state index in [0.29, 0.717) is 19.6 Å². The quantitative estimate of drug-likeness (QED) is 0.583. The number of benzene rings is 1. The molecule has 7 nitrogen and oxygen atoms in total. The Morgan fingerprint density at radius 2 is 2.04 bits per heavy atom. The van der Waals surface area contributed by atoms with Gasteiger partial charge in [-0.05, 0) is 17.2 Å². The summed E-state index contributed by atoms with van der Waals surface area (Å²) in [5, 5.41) is 16.1. The number of nitrogens with zero attached hydrogens (tertiary/aromatic N) is 1. The number of aliphatic hydroxyl groups is 1. The maximum atomic E-state index is 11.4. The van der Waals surface area contributed by atoms with Crippen LogP contribution in [0.3, 0.4) is 0 Å². The topological polar surface area (TPSA) is 97.2 Å². The van der Waals surface area contributed by atoms with Crippen molar-refractivity contribution in [2.45, 2.75) is 44.2 Å². The lowest BCUT2D eigenvalue weighted by atomic mass is 10.0. The average molecular weight is 322 g/mol. The van der Waals surface area contributed by atoms with Gasteiger partial charge in [-0.2, -0.15) is 0 Å². The Hall–Kier alpha value is -1.83. The van der Waals surface area contributed by atoms with Gasteiger partial charge in [0, 0.05) is 19.8 Å². The third kappa shape index (κ3) is 5.09. The normalized spacial score (nSPS) is 19.6. The standard InChI is InChI=1S/C16H22N2O5/c1-12(19)17-14(11-13-5-3-2-4-6-13)15(20)23-16(18-21)7-9-22-10-8-16/h2-6,14-15,20H,7-11H2,1H3,(H,17,19)/t14-,15?/m0/s1. The summed E-state index contributed by atoms with van der Waals surface area (Å²) < 4.78 is 10.7. The molecule has 0 aromatic heterocycles. The molecule has 126 valence electrons. The highest BCUT2D eigenvalue weighted by atomic mass is 16.6. The predicted molar refractivity (Wildman–Crippen MR) is 83.4 cm³/mol. The van der Waals surface area contributed by atoms with Gasteiger partial charge in [-0.3, -0.25) is 4.79 Å². The molecule has 2 N–H and O–H groups in total. The van der Waals surface area contributed by atoms with Crippen molar-refractivity contribution < 1.29 is 19.4 Å². The highest BCUT2D eigenvalue weighted by Crippen LogP contribution is 2.28. The molecular weight excluding hydrogens is 300 g/mol. The second kappa shape index (κ2) is 8.14. The summed E-state index contributed by atoms with van der Waals surface area (Å²) >= 11 is 0. The number of ether oxygens (including phenoxy) is 2. The monoisotopic (exact) mass is 322 g/mol. The minimum atomic E-state index is -1.34. The summed E-state index contributed by atoms with van der Waals surface area (Å²) in [7, 11) is 0. The minimum absolute atomic E-state index is 0.283. The summed E-state index contributed by atoms with van der Waals surface area (Å²) in [5.41, 5.74) is -0.362. The van der Waals surface area contributed by atoms with E-state index < -0.39 is 18.1 Å². The molecule has 2 atom stereocenters. The Bertz CT molecular complexity index is 516. The molecule has 23 heavy (non-hydrogen) atoms. The van der Waals surface area contributed by atoms with E-state index in [1.165, 1.54) is 6.92 Å². The summed E-state index contributed by atoms with van der Waals surface area (Å²) in [6, 6.07) is 8.75. The molecule has 0 spiro atoms. The third-order valence-corrected chi connectivity index (χ3v) is 3.81. The zero-order valence-corrected chi connectivity index (χ0v) is 13.1. The van der Waals surface area contributed by atoms with Gasteiger partial charge in [-0.1, -0.05) is 30.3 Å². The summed E-state index contributed by atoms with van der Waals surface area (Å²) in [6.07, 6.45) is -0.389. The zero-order valence-electron chi connectivity index (χ0n) is 13.1. The van der Waals surface area contributed by atoms with E-state index in [1.807, 2.05) is 30.3 Å². The van der Waals surface area contributed by atoms with E-state index in [-0.39, 0.29) is 18.7 Å². The van der Waals surface area contributed by atoms with E-state index in [2.05, 4.69) is 10.5 Å². The summed E-state index contributed by atoms with van der Waals surface area (Å²) in [5.74, 6) is -0.284. The first-order valence-corrected chi connectivity index (χ1v) is 7.64. The fourth-order valence-corrected chi connectivity index (χ4v) is 2.58. The van der Waals surface area contributed by atoms with Crippen molar-refractivity contribution in [3.8, 4) is 0 Å². The Morgan fingerprint density at radius 1 is 1.39 bits per heavy atom. The van der Waals surface area contributed by atoms with Crippen molar-refractivity contribution in [3.05, 3.63) is 40.8 Å². The van der Waals surface area contributed by atoms with Gasteiger partial charge in [0.1, 0.15) is 0 Å². The fraction of sp³-hybridized carbons (Fsp3) is 0.562. The second-order valence-electron chi connectivity index (χ2n) is 5.66. The molecule has 1 aromatic carbocycles. The number of rotatable bonds is 7. The molecule has 1 heterocycles. The van der Waals surface area contributed by atoms with E-state index in [0.717, 1.165) is 5.56 Å². The number of nitrogens with one attached hydrogen (secondary N) is 1. The first kappa shape index (κ1) is 17.5. The number of nitroso groups, excluding NO2 is 1. The largest absolute Gasteiger partial charge is 0.381 e. The lowest BCUT2D eigenvalue weighted by Gasteiger charge is -2.34. The Kier molecular flexibility index (Phi) is 6.20. The summed E-state index contributed by atoms with van der Waals surface area (Å²) in [6.45, 7) is 2.07. The zero-order chi connectivity index (χ0) is 16.7. The van der Waals surface area contributed by atoms with Gasteiger partial charge >= 0.3 is 0 Å². The van der Waals surface area contributed by atoms with Crippen molar-refractivity contribution >= 4 is 5.91 Å². The van der Waals surface area contributed by atoms with Crippen LogP contribution in [0.2, 0.25) is 0 Å². The molecule has 1 aliphatic heterocycles. The van der Waals surface area contributed by atoms with Crippen molar-refractivity contribution in [2.24, 2.45) is 5.18 Å². The molecule has 1 aromatic rings. The van der Waals surface area contributed by atoms with E-state index in [1.54, 1.807) is 0 Å². The minimum Gasteiger partial charge on any atom is -0.381 e. The van der Waals surface area contributed by atoms with Crippen LogP contribution in [-0.4, -0.2) is 42.3 Å². The molecule has 2 rings (SSSR count). The van der Waals surface area contributed by atoms with Crippen LogP contribution in [-0.2, 0) is 20.7 Å². The lowest BCUT2D eigenvalue weighted by Crippen LogP contribution is -2.50. The van der Waals surface area contributed by atoms with Gasteiger partial charge in [0.05, 0.1) is 19.3 Å². The van der Waals surface area contributed by atoms with Gasteiger partial charge in [-0.15, -0.1) is 4.91 Å². The Morgan fingerprint density at radius 3 is 2.61 bits per heavy atom. The molecule has 1 amide bonds. The van der Waals surface area contributed by atoms with Crippen molar-refractivity contribution in [2.75, 3.05) is 13.2 Å². The fourth-order valence-electron chi connectivity index (χ4n) is 2.58. The van der Waals surface area contributed by atoms with E-state index in [4.69, 9.17) is 9.47 Å². The predicted octanol–water partition coefficient (Wildman–Crippen LogP) is 1.34. The van der Waals surface area contributed by atoms with Crippen LogP contribution in [0.5, 0.6) is 0 Å². The number of hydrogen-bond donors (Lipinski definition) is 2. The number of amides is 1. The van der Waals surface area contributed by atoms with Crippen LogP contribution in [0, 0.1) is 4.91 Å². The lowest BCUT2D eigenvalue weighted by molar-refractivity contribution is -0.218. The van der Waals surface area contributed by atoms with Crippen LogP contribution in [0.15, 0.2) is 35.5 Å². The van der Waals surface area contributed by atoms with Gasteiger partial charge in [0.15, 0.2) is 6.29 Å². The van der Waals surface area contributed by atoms with Crippen LogP contribution >= 0.6 is 0 Å². The molecule has 0 aliphatic carbocycles. The van der Waals surface area contributed by atoms with Crippen molar-refractivity contribution in [3.63, 3.8) is 0 Å². The van der Waals surface area contributed by atoms with Gasteiger partial charge in [-0.25, -0.2) is 0 Å². The Labute approximate surface area is 135 Å². The maximum Gasteiger partial charge on any atom is 0.217 e. The van der Waals surface area contributed by atoms with Crippen LogP contribution in [0.25, 0.3) is 0 Å². The number of aliphatic hydroxyl groups excluding tert-OH is 1. The molecule has 1 saturated heterocycles. The molecule has 7 heteroatoms. The maximum absolute atomic E-state index is 11.4. The van der Waals surface area contributed by atoms with Crippen LogP contribution < -0.4 is 5.32 Å². The Balaban J connectivity index is 2.07. The van der Waals surface area contributed by atoms with E-state index >= 15 is 0 Å². The number of carbonyl (C=O) groups excluding carboxylic acids is 1. The van der Waals surface area contributed by atoms with Crippen molar-refractivity contribution in [1.29, 1.82) is 0 Å². The molecule has 0 bridgehead atoms. The van der Waals surface area contributed by atoms with Gasteiger partial charge in [0.2, 0.25) is 11.6 Å². The molecule has 1 fully saturated rings. The second-order valence-corrected chi connectivity index (χ2v) is 5.66. The molecule has 1 unspecified atom stereocenters. The molecule has 0 radical (unpaired) electrons. The first-order chi connectivity index (χ1) is 11.0. The third-order valence-electron chi connectivity index (χ3n) is 3.81. The molecule has 1 aliphatic rings. The highest BCUT2D eigenvalue weighted by Gasteiger charge is 2.39. The smallest absolute Gasteiger partial charge is 0.217 e. The molecule has 0 saturated carbocycles. The number of carbonyl (C=O) groups is 1. The van der Waals surface area contributed by atoms with Crippen molar-refractivity contribution in [1.82, 2.24) is 5.32 Å². The van der Waals surface area contributed by atoms with E-state index in [9.17, 15) is 14.8 Å². The SMILES string of the molecule is CC(=O)N[C@@H](Cc1ccccc1)C(O)OC1(N=O)CCOCC1. The van der Waals surface area contributed by atoms with Crippen LogP contribution in [0.1, 0.15) is 25.3 Å². The van der Waals surface area contributed by atoms with Gasteiger partial charge in [0.25, 0.3) is 0 Å². The highest BCUT2D eigenvalue weighted by molar-refractivity contribution is 5.73. The first-order valence-electron chi connectivity index (χ1n) is 7.64. The average Bonchev–Trinajstić information content (AvgIpc) is 2.55. The summed E-state index contributed by atoms with van der Waals surface area (Å²) in [4.78, 5) is 22.6. The van der Waals surface area contributed by atoms with Gasteiger partial charge < -0.3 is 19.9 Å². The molecular formula is C16H22N2O5. The van der Waals surface area contributed by atoms with Crippen LogP contribution in [0.4, 0.5) is 0 Å². The number of hydrogen-bond acceptors (Lipinski definition) is 6.